The zero-order valence-corrected chi connectivity index (χ0v) is 11.6. The van der Waals surface area contributed by atoms with Crippen LogP contribution in [0.2, 0.25) is 0 Å². The molecule has 0 unspecified atom stereocenters. The van der Waals surface area contributed by atoms with Crippen molar-refractivity contribution in [2.24, 2.45) is 0 Å². The summed E-state index contributed by atoms with van der Waals surface area (Å²) in [5.74, 6) is -0.641. The molecular weight excluding hydrogens is 283 g/mol. The molecule has 0 spiro atoms. The maximum Gasteiger partial charge on any atom is 0.228 e. The highest BCUT2D eigenvalue weighted by Gasteiger charge is 2.08. The number of carbonyl (C=O) groups is 1. The zero-order chi connectivity index (χ0) is 15.4. The summed E-state index contributed by atoms with van der Waals surface area (Å²) in [5, 5.41) is 6.76. The molecule has 1 heterocycles. The second-order valence-electron chi connectivity index (χ2n) is 4.70. The number of rotatable bonds is 4. The zero-order valence-electron chi connectivity index (χ0n) is 11.6. The molecular formula is C16H13FN4O. The normalized spacial score (nSPS) is 10.4. The van der Waals surface area contributed by atoms with Gasteiger partial charge in [-0.05, 0) is 35.9 Å². The van der Waals surface area contributed by atoms with Crippen LogP contribution in [0.1, 0.15) is 5.56 Å². The minimum atomic E-state index is -0.376. The molecule has 0 atom stereocenters. The Bertz CT molecular complexity index is 769. The van der Waals surface area contributed by atoms with E-state index in [9.17, 15) is 9.18 Å². The molecule has 1 amide bonds. The molecule has 0 aliphatic heterocycles. The third-order valence-electron chi connectivity index (χ3n) is 3.14. The maximum absolute atomic E-state index is 13.5. The summed E-state index contributed by atoms with van der Waals surface area (Å²) >= 11 is 0. The summed E-state index contributed by atoms with van der Waals surface area (Å²) < 4.78 is 15.1. The van der Waals surface area contributed by atoms with E-state index in [1.165, 1.54) is 12.4 Å². The average molecular weight is 296 g/mol. The highest BCUT2D eigenvalue weighted by Crippen LogP contribution is 2.13. The van der Waals surface area contributed by atoms with Crippen LogP contribution in [0.5, 0.6) is 0 Å². The first kappa shape index (κ1) is 13.9. The number of nitrogens with one attached hydrogen (secondary N) is 1. The molecule has 0 saturated heterocycles. The molecule has 0 saturated carbocycles. The Hall–Kier alpha value is -3.02. The quantitative estimate of drug-likeness (QED) is 0.805. The number of hydrogen-bond acceptors (Lipinski definition) is 3. The summed E-state index contributed by atoms with van der Waals surface area (Å²) in [5.41, 5.74) is 1.86. The maximum atomic E-state index is 13.5. The fraction of sp³-hybridized carbons (Fsp3) is 0.0625. The number of amides is 1. The van der Waals surface area contributed by atoms with Crippen LogP contribution < -0.4 is 5.32 Å². The number of hydrogen-bond donors (Lipinski definition) is 1. The lowest BCUT2D eigenvalue weighted by Crippen LogP contribution is -2.15. The topological polar surface area (TPSA) is 59.8 Å². The van der Waals surface area contributed by atoms with Gasteiger partial charge >= 0.3 is 0 Å². The van der Waals surface area contributed by atoms with Crippen molar-refractivity contribution in [3.05, 3.63) is 72.6 Å². The Morgan fingerprint density at radius 2 is 1.91 bits per heavy atom. The van der Waals surface area contributed by atoms with Gasteiger partial charge in [-0.15, -0.1) is 0 Å². The minimum Gasteiger partial charge on any atom is -0.326 e. The molecule has 110 valence electrons. The van der Waals surface area contributed by atoms with Crippen LogP contribution in [0.3, 0.4) is 0 Å². The van der Waals surface area contributed by atoms with Crippen LogP contribution >= 0.6 is 0 Å². The molecule has 0 aliphatic carbocycles. The SMILES string of the molecule is O=C(Cc1ccccc1F)Nc1ccc(-n2cncn2)cc1. The second-order valence-corrected chi connectivity index (χ2v) is 4.70. The first-order chi connectivity index (χ1) is 10.7. The van der Waals surface area contributed by atoms with Crippen molar-refractivity contribution in [2.75, 3.05) is 5.32 Å². The summed E-state index contributed by atoms with van der Waals surface area (Å²) in [7, 11) is 0. The lowest BCUT2D eigenvalue weighted by Gasteiger charge is -2.07. The lowest BCUT2D eigenvalue weighted by molar-refractivity contribution is -0.115. The van der Waals surface area contributed by atoms with E-state index < -0.39 is 0 Å². The van der Waals surface area contributed by atoms with Crippen LogP contribution in [0.4, 0.5) is 10.1 Å². The van der Waals surface area contributed by atoms with Gasteiger partial charge in [0.2, 0.25) is 5.91 Å². The molecule has 22 heavy (non-hydrogen) atoms. The predicted octanol–water partition coefficient (Wildman–Crippen LogP) is 2.59. The first-order valence-electron chi connectivity index (χ1n) is 6.71. The van der Waals surface area contributed by atoms with Crippen LogP contribution in [0.15, 0.2) is 61.2 Å². The van der Waals surface area contributed by atoms with Crippen LogP contribution in [0, 0.1) is 5.82 Å². The Labute approximate surface area is 126 Å². The van der Waals surface area contributed by atoms with Crippen molar-refractivity contribution in [1.82, 2.24) is 14.8 Å². The fourth-order valence-corrected chi connectivity index (χ4v) is 2.06. The van der Waals surface area contributed by atoms with E-state index in [1.807, 2.05) is 12.1 Å². The average Bonchev–Trinajstić information content (AvgIpc) is 3.05. The Kier molecular flexibility index (Phi) is 3.91. The molecule has 0 aliphatic rings. The van der Waals surface area contributed by atoms with Crippen molar-refractivity contribution in [3.63, 3.8) is 0 Å². The molecule has 5 nitrogen and oxygen atoms in total. The molecule has 6 heteroatoms. The molecule has 0 fully saturated rings. The van der Waals surface area contributed by atoms with Gasteiger partial charge in [-0.3, -0.25) is 4.79 Å². The van der Waals surface area contributed by atoms with E-state index in [0.29, 0.717) is 11.3 Å². The molecule has 2 aromatic carbocycles. The fourth-order valence-electron chi connectivity index (χ4n) is 2.06. The van der Waals surface area contributed by atoms with Gasteiger partial charge < -0.3 is 5.32 Å². The van der Waals surface area contributed by atoms with E-state index >= 15 is 0 Å². The van der Waals surface area contributed by atoms with Crippen molar-refractivity contribution in [2.45, 2.75) is 6.42 Å². The summed E-state index contributed by atoms with van der Waals surface area (Å²) in [6, 6.07) is 13.4. The Morgan fingerprint density at radius 1 is 1.14 bits per heavy atom. The monoisotopic (exact) mass is 296 g/mol. The third-order valence-corrected chi connectivity index (χ3v) is 3.14. The van der Waals surface area contributed by atoms with Gasteiger partial charge in [0.15, 0.2) is 0 Å². The van der Waals surface area contributed by atoms with Gasteiger partial charge in [0.1, 0.15) is 18.5 Å². The van der Waals surface area contributed by atoms with Crippen LogP contribution in [0.25, 0.3) is 5.69 Å². The van der Waals surface area contributed by atoms with Gasteiger partial charge in [0.05, 0.1) is 12.1 Å². The second kappa shape index (κ2) is 6.17. The van der Waals surface area contributed by atoms with E-state index in [0.717, 1.165) is 5.69 Å². The predicted molar refractivity (Wildman–Crippen MR) is 80.1 cm³/mol. The lowest BCUT2D eigenvalue weighted by atomic mass is 10.1. The van der Waals surface area contributed by atoms with Gasteiger partial charge in [-0.25, -0.2) is 14.1 Å². The van der Waals surface area contributed by atoms with Crippen LogP contribution in [-0.2, 0) is 11.2 Å². The number of halogens is 1. The number of aromatic nitrogens is 3. The van der Waals surface area contributed by atoms with Gasteiger partial charge in [0.25, 0.3) is 0 Å². The highest BCUT2D eigenvalue weighted by molar-refractivity contribution is 5.92. The van der Waals surface area contributed by atoms with Crippen molar-refractivity contribution >= 4 is 11.6 Å². The molecule has 3 rings (SSSR count). The summed E-state index contributed by atoms with van der Waals surface area (Å²) in [6.45, 7) is 0. The molecule has 3 aromatic rings. The smallest absolute Gasteiger partial charge is 0.228 e. The number of carbonyl (C=O) groups excluding carboxylic acids is 1. The number of nitrogens with zero attached hydrogens (tertiary/aromatic N) is 3. The van der Waals surface area contributed by atoms with E-state index in [4.69, 9.17) is 0 Å². The van der Waals surface area contributed by atoms with Crippen molar-refractivity contribution in [1.29, 1.82) is 0 Å². The third kappa shape index (κ3) is 3.17. The van der Waals surface area contributed by atoms with Crippen molar-refractivity contribution < 1.29 is 9.18 Å². The Balaban J connectivity index is 1.66. The molecule has 0 radical (unpaired) electrons. The van der Waals surface area contributed by atoms with E-state index in [2.05, 4.69) is 15.4 Å². The van der Waals surface area contributed by atoms with Gasteiger partial charge in [-0.1, -0.05) is 18.2 Å². The van der Waals surface area contributed by atoms with Gasteiger partial charge in [-0.2, -0.15) is 5.10 Å². The standard InChI is InChI=1S/C16H13FN4O/c17-15-4-2-1-3-12(15)9-16(22)20-13-5-7-14(8-6-13)21-11-18-10-19-21/h1-8,10-11H,9H2,(H,20,22). The van der Waals surface area contributed by atoms with Crippen molar-refractivity contribution in [3.8, 4) is 5.69 Å². The number of anilines is 1. The highest BCUT2D eigenvalue weighted by atomic mass is 19.1. The minimum absolute atomic E-state index is 0.00248. The van der Waals surface area contributed by atoms with E-state index in [-0.39, 0.29) is 18.1 Å². The largest absolute Gasteiger partial charge is 0.326 e. The summed E-state index contributed by atoms with van der Waals surface area (Å²) in [6.07, 6.45) is 3.04. The Morgan fingerprint density at radius 3 is 2.59 bits per heavy atom. The first-order valence-corrected chi connectivity index (χ1v) is 6.71. The number of benzene rings is 2. The molecule has 1 N–H and O–H groups in total. The van der Waals surface area contributed by atoms with E-state index in [1.54, 1.807) is 41.3 Å². The molecule has 0 bridgehead atoms. The summed E-state index contributed by atoms with van der Waals surface area (Å²) in [4.78, 5) is 15.8. The molecule has 1 aromatic heterocycles. The van der Waals surface area contributed by atoms with Crippen LogP contribution in [-0.4, -0.2) is 20.7 Å². The van der Waals surface area contributed by atoms with Gasteiger partial charge in [0, 0.05) is 5.69 Å².